The van der Waals surface area contributed by atoms with Crippen LogP contribution in [0.1, 0.15) is 5.56 Å². The van der Waals surface area contributed by atoms with Gasteiger partial charge in [-0.3, -0.25) is 4.79 Å². The van der Waals surface area contributed by atoms with Crippen LogP contribution in [0, 0.1) is 6.92 Å². The molecular formula is C9H10BrNOS. The number of rotatable bonds is 2. The van der Waals surface area contributed by atoms with E-state index >= 15 is 0 Å². The Hall–Kier alpha value is -0.480. The van der Waals surface area contributed by atoms with Crippen molar-refractivity contribution in [3.63, 3.8) is 0 Å². The molecule has 2 nitrogen and oxygen atoms in total. The number of nitrogens with one attached hydrogen (secondary N) is 1. The summed E-state index contributed by atoms with van der Waals surface area (Å²) in [6.07, 6.45) is 0. The summed E-state index contributed by atoms with van der Waals surface area (Å²) in [5, 5.41) is 2.74. The van der Waals surface area contributed by atoms with Crippen molar-refractivity contribution in [1.82, 2.24) is 0 Å². The minimum Gasteiger partial charge on any atom is -0.324 e. The molecule has 1 aromatic rings. The van der Waals surface area contributed by atoms with Crippen LogP contribution in [0.5, 0.6) is 0 Å². The third kappa shape index (κ3) is 2.74. The van der Waals surface area contributed by atoms with Crippen LogP contribution in [-0.2, 0) is 4.79 Å². The first-order valence-electron chi connectivity index (χ1n) is 3.81. The van der Waals surface area contributed by atoms with E-state index in [-0.39, 0.29) is 11.7 Å². The summed E-state index contributed by atoms with van der Waals surface area (Å²) in [6.45, 7) is 1.97. The summed E-state index contributed by atoms with van der Waals surface area (Å²) in [6, 6.07) is 5.72. The number of thiol groups is 1. The van der Waals surface area contributed by atoms with Crippen molar-refractivity contribution in [2.45, 2.75) is 6.92 Å². The van der Waals surface area contributed by atoms with E-state index in [0.717, 1.165) is 15.7 Å². The largest absolute Gasteiger partial charge is 0.324 e. The van der Waals surface area contributed by atoms with Gasteiger partial charge in [-0.05, 0) is 34.5 Å². The molecule has 0 aromatic heterocycles. The quantitative estimate of drug-likeness (QED) is 0.786. The molecule has 0 heterocycles. The summed E-state index contributed by atoms with van der Waals surface area (Å²) in [4.78, 5) is 11.0. The molecular weight excluding hydrogens is 250 g/mol. The second kappa shape index (κ2) is 4.67. The lowest BCUT2D eigenvalue weighted by atomic mass is 10.2. The molecule has 0 aliphatic rings. The zero-order chi connectivity index (χ0) is 9.84. The van der Waals surface area contributed by atoms with Crippen molar-refractivity contribution in [2.24, 2.45) is 0 Å². The molecule has 0 bridgehead atoms. The number of amides is 1. The second-order valence-corrected chi connectivity index (χ2v) is 3.75. The fourth-order valence-corrected chi connectivity index (χ4v) is 1.38. The summed E-state index contributed by atoms with van der Waals surface area (Å²) in [5.41, 5.74) is 1.89. The van der Waals surface area contributed by atoms with E-state index in [4.69, 9.17) is 0 Å². The molecule has 0 saturated carbocycles. The topological polar surface area (TPSA) is 29.1 Å². The molecule has 0 fully saturated rings. The van der Waals surface area contributed by atoms with Gasteiger partial charge in [0.25, 0.3) is 0 Å². The molecule has 1 amide bonds. The van der Waals surface area contributed by atoms with Crippen molar-refractivity contribution >= 4 is 40.2 Å². The molecule has 0 atom stereocenters. The van der Waals surface area contributed by atoms with Gasteiger partial charge < -0.3 is 5.32 Å². The Morgan fingerprint density at radius 3 is 2.92 bits per heavy atom. The molecule has 0 saturated heterocycles. The molecule has 1 N–H and O–H groups in total. The van der Waals surface area contributed by atoms with Gasteiger partial charge in [0, 0.05) is 4.47 Å². The number of hydrogen-bond acceptors (Lipinski definition) is 2. The van der Waals surface area contributed by atoms with Crippen LogP contribution in [0.4, 0.5) is 5.69 Å². The van der Waals surface area contributed by atoms with Crippen LogP contribution < -0.4 is 5.32 Å². The van der Waals surface area contributed by atoms with Crippen molar-refractivity contribution in [3.8, 4) is 0 Å². The summed E-state index contributed by atoms with van der Waals surface area (Å²) < 4.78 is 0.921. The number of carbonyl (C=O) groups excluding carboxylic acids is 1. The van der Waals surface area contributed by atoms with Gasteiger partial charge in [0.05, 0.1) is 11.4 Å². The van der Waals surface area contributed by atoms with E-state index in [1.807, 2.05) is 25.1 Å². The minimum atomic E-state index is -0.102. The smallest absolute Gasteiger partial charge is 0.234 e. The Bertz CT molecular complexity index is 327. The molecule has 1 rings (SSSR count). The van der Waals surface area contributed by atoms with Gasteiger partial charge in [0.2, 0.25) is 5.91 Å². The van der Waals surface area contributed by atoms with Crippen molar-refractivity contribution < 1.29 is 4.79 Å². The Balaban J connectivity index is 2.89. The SMILES string of the molecule is Cc1cccc(NC(=O)CS)c1Br. The van der Waals surface area contributed by atoms with E-state index in [1.54, 1.807) is 0 Å². The average Bonchev–Trinajstić information content (AvgIpc) is 2.13. The number of hydrogen-bond donors (Lipinski definition) is 2. The van der Waals surface area contributed by atoms with Crippen LogP contribution >= 0.6 is 28.6 Å². The minimum absolute atomic E-state index is 0.102. The predicted molar refractivity (Wildman–Crippen MR) is 61.4 cm³/mol. The molecule has 0 unspecified atom stereocenters. The highest BCUT2D eigenvalue weighted by molar-refractivity contribution is 9.10. The van der Waals surface area contributed by atoms with Gasteiger partial charge in [-0.2, -0.15) is 12.6 Å². The molecule has 70 valence electrons. The number of benzene rings is 1. The third-order valence-electron chi connectivity index (χ3n) is 1.61. The fourth-order valence-electron chi connectivity index (χ4n) is 0.934. The average molecular weight is 260 g/mol. The molecule has 13 heavy (non-hydrogen) atoms. The Morgan fingerprint density at radius 1 is 1.62 bits per heavy atom. The number of aryl methyl sites for hydroxylation is 1. The zero-order valence-electron chi connectivity index (χ0n) is 7.17. The van der Waals surface area contributed by atoms with Crippen LogP contribution in [0.25, 0.3) is 0 Å². The normalized spacial score (nSPS) is 9.77. The Morgan fingerprint density at radius 2 is 2.31 bits per heavy atom. The zero-order valence-corrected chi connectivity index (χ0v) is 9.65. The van der Waals surface area contributed by atoms with E-state index in [9.17, 15) is 4.79 Å². The van der Waals surface area contributed by atoms with Crippen molar-refractivity contribution in [1.29, 1.82) is 0 Å². The van der Waals surface area contributed by atoms with E-state index < -0.39 is 0 Å². The van der Waals surface area contributed by atoms with Gasteiger partial charge in [0.1, 0.15) is 0 Å². The molecule has 0 aliphatic carbocycles. The fraction of sp³-hybridized carbons (Fsp3) is 0.222. The molecule has 0 radical (unpaired) electrons. The highest BCUT2D eigenvalue weighted by Crippen LogP contribution is 2.25. The van der Waals surface area contributed by atoms with E-state index in [2.05, 4.69) is 33.9 Å². The lowest BCUT2D eigenvalue weighted by molar-refractivity contribution is -0.113. The van der Waals surface area contributed by atoms with Crippen LogP contribution in [0.2, 0.25) is 0 Å². The van der Waals surface area contributed by atoms with Crippen molar-refractivity contribution in [2.75, 3.05) is 11.1 Å². The first-order valence-corrected chi connectivity index (χ1v) is 5.23. The van der Waals surface area contributed by atoms with Gasteiger partial charge in [-0.1, -0.05) is 12.1 Å². The van der Waals surface area contributed by atoms with E-state index in [1.165, 1.54) is 0 Å². The van der Waals surface area contributed by atoms with Crippen molar-refractivity contribution in [3.05, 3.63) is 28.2 Å². The highest BCUT2D eigenvalue weighted by Gasteiger charge is 2.04. The highest BCUT2D eigenvalue weighted by atomic mass is 79.9. The maximum atomic E-state index is 11.0. The lowest BCUT2D eigenvalue weighted by Crippen LogP contribution is -2.13. The predicted octanol–water partition coefficient (Wildman–Crippen LogP) is 2.63. The van der Waals surface area contributed by atoms with Crippen LogP contribution in [0.3, 0.4) is 0 Å². The van der Waals surface area contributed by atoms with Gasteiger partial charge >= 0.3 is 0 Å². The second-order valence-electron chi connectivity index (χ2n) is 2.64. The third-order valence-corrected chi connectivity index (χ3v) is 2.95. The van der Waals surface area contributed by atoms with Crippen LogP contribution in [0.15, 0.2) is 22.7 Å². The van der Waals surface area contributed by atoms with Gasteiger partial charge in [-0.15, -0.1) is 0 Å². The maximum Gasteiger partial charge on any atom is 0.234 e. The summed E-state index contributed by atoms with van der Waals surface area (Å²) in [7, 11) is 0. The maximum absolute atomic E-state index is 11.0. The number of carbonyl (C=O) groups is 1. The van der Waals surface area contributed by atoms with Gasteiger partial charge in [-0.25, -0.2) is 0 Å². The Labute approximate surface area is 91.3 Å². The number of anilines is 1. The molecule has 4 heteroatoms. The lowest BCUT2D eigenvalue weighted by Gasteiger charge is -2.07. The summed E-state index contributed by atoms with van der Waals surface area (Å²) >= 11 is 7.28. The molecule has 0 spiro atoms. The molecule has 0 aliphatic heterocycles. The Kier molecular flexibility index (Phi) is 3.81. The van der Waals surface area contributed by atoms with Gasteiger partial charge in [0.15, 0.2) is 0 Å². The van der Waals surface area contributed by atoms with Crippen LogP contribution in [-0.4, -0.2) is 11.7 Å². The summed E-state index contributed by atoms with van der Waals surface area (Å²) in [5.74, 6) is 0.0926. The number of halogens is 1. The monoisotopic (exact) mass is 259 g/mol. The van der Waals surface area contributed by atoms with E-state index in [0.29, 0.717) is 0 Å². The first kappa shape index (κ1) is 10.6. The molecule has 1 aromatic carbocycles. The standard InChI is InChI=1S/C9H10BrNOS/c1-6-3-2-4-7(9(6)10)11-8(12)5-13/h2-4,13H,5H2,1H3,(H,11,12). The first-order chi connectivity index (χ1) is 6.15.